The Hall–Kier alpha value is -0.730. The van der Waals surface area contributed by atoms with Crippen molar-refractivity contribution in [3.05, 3.63) is 28.8 Å². The summed E-state index contributed by atoms with van der Waals surface area (Å²) in [5.74, 6) is 2.95. The number of nitrogen functional groups attached to an aromatic ring is 1. The molecule has 2 aliphatic rings. The minimum absolute atomic E-state index is 0.646. The highest BCUT2D eigenvalue weighted by Crippen LogP contribution is 2.48. The molecule has 3 rings (SSSR count). The van der Waals surface area contributed by atoms with Gasteiger partial charge in [-0.1, -0.05) is 17.7 Å². The SMILES string of the molecule is Nc1cc(CNCC(C2CC2)C2CC2)ccc1Cl. The summed E-state index contributed by atoms with van der Waals surface area (Å²) in [5.41, 5.74) is 7.71. The van der Waals surface area contributed by atoms with Crippen molar-refractivity contribution in [2.45, 2.75) is 32.2 Å². The monoisotopic (exact) mass is 264 g/mol. The minimum Gasteiger partial charge on any atom is -0.398 e. The number of nitrogens with two attached hydrogens (primary N) is 1. The quantitative estimate of drug-likeness (QED) is 0.773. The first-order valence-corrected chi connectivity index (χ1v) is 7.36. The van der Waals surface area contributed by atoms with Crippen molar-refractivity contribution >= 4 is 17.3 Å². The van der Waals surface area contributed by atoms with Gasteiger partial charge in [0.25, 0.3) is 0 Å². The van der Waals surface area contributed by atoms with Gasteiger partial charge in [-0.05, 0) is 67.7 Å². The zero-order valence-electron chi connectivity index (χ0n) is 10.7. The second kappa shape index (κ2) is 5.10. The molecule has 98 valence electrons. The van der Waals surface area contributed by atoms with E-state index in [4.69, 9.17) is 17.3 Å². The molecule has 18 heavy (non-hydrogen) atoms. The molecule has 2 aliphatic carbocycles. The van der Waals surface area contributed by atoms with Gasteiger partial charge in [0.1, 0.15) is 0 Å². The molecule has 0 heterocycles. The zero-order valence-corrected chi connectivity index (χ0v) is 11.4. The average Bonchev–Trinajstić information content (AvgIpc) is 3.22. The van der Waals surface area contributed by atoms with Gasteiger partial charge in [-0.25, -0.2) is 0 Å². The molecular weight excluding hydrogens is 244 g/mol. The lowest BCUT2D eigenvalue weighted by molar-refractivity contribution is 0.378. The van der Waals surface area contributed by atoms with E-state index in [0.29, 0.717) is 10.7 Å². The smallest absolute Gasteiger partial charge is 0.0635 e. The van der Waals surface area contributed by atoms with E-state index in [2.05, 4.69) is 11.4 Å². The Morgan fingerprint density at radius 2 is 1.89 bits per heavy atom. The molecule has 2 nitrogen and oxygen atoms in total. The van der Waals surface area contributed by atoms with Crippen LogP contribution in [0.25, 0.3) is 0 Å². The zero-order chi connectivity index (χ0) is 12.5. The van der Waals surface area contributed by atoms with Crippen LogP contribution < -0.4 is 11.1 Å². The fourth-order valence-corrected chi connectivity index (χ4v) is 2.97. The van der Waals surface area contributed by atoms with Crippen LogP contribution in [0.4, 0.5) is 5.69 Å². The maximum atomic E-state index is 5.92. The number of rotatable bonds is 6. The first-order valence-electron chi connectivity index (χ1n) is 6.98. The highest BCUT2D eigenvalue weighted by Gasteiger charge is 2.40. The fourth-order valence-electron chi connectivity index (χ4n) is 2.85. The normalized spacial score (nSPS) is 19.4. The molecule has 2 saturated carbocycles. The summed E-state index contributed by atoms with van der Waals surface area (Å²) in [6, 6.07) is 5.90. The Labute approximate surface area is 114 Å². The molecule has 0 aliphatic heterocycles. The lowest BCUT2D eigenvalue weighted by Crippen LogP contribution is -2.25. The van der Waals surface area contributed by atoms with Crippen molar-refractivity contribution in [2.75, 3.05) is 12.3 Å². The summed E-state index contributed by atoms with van der Waals surface area (Å²) in [6.45, 7) is 2.06. The molecule has 0 saturated heterocycles. The van der Waals surface area contributed by atoms with Crippen LogP contribution in [0.5, 0.6) is 0 Å². The average molecular weight is 265 g/mol. The van der Waals surface area contributed by atoms with Crippen LogP contribution >= 0.6 is 11.6 Å². The van der Waals surface area contributed by atoms with Gasteiger partial charge in [-0.3, -0.25) is 0 Å². The second-order valence-corrected chi connectivity index (χ2v) is 6.23. The topological polar surface area (TPSA) is 38.0 Å². The number of benzene rings is 1. The van der Waals surface area contributed by atoms with Crippen molar-refractivity contribution in [1.82, 2.24) is 5.32 Å². The standard InChI is InChI=1S/C15H21ClN2/c16-14-6-1-10(7-15(14)17)8-18-9-13(11-2-3-11)12-4-5-12/h1,6-7,11-13,18H,2-5,8-9,17H2. The Balaban J connectivity index is 1.49. The van der Waals surface area contributed by atoms with E-state index >= 15 is 0 Å². The van der Waals surface area contributed by atoms with Crippen LogP contribution in [0.3, 0.4) is 0 Å². The molecule has 0 radical (unpaired) electrons. The first kappa shape index (κ1) is 12.3. The van der Waals surface area contributed by atoms with Crippen LogP contribution in [-0.4, -0.2) is 6.54 Å². The van der Waals surface area contributed by atoms with Gasteiger partial charge in [0.05, 0.1) is 10.7 Å². The molecule has 1 aromatic carbocycles. The molecular formula is C15H21ClN2. The molecule has 0 unspecified atom stereocenters. The van der Waals surface area contributed by atoms with Crippen LogP contribution in [-0.2, 0) is 6.54 Å². The molecule has 3 heteroatoms. The molecule has 0 amide bonds. The van der Waals surface area contributed by atoms with E-state index in [9.17, 15) is 0 Å². The number of hydrogen-bond acceptors (Lipinski definition) is 2. The lowest BCUT2D eigenvalue weighted by atomic mass is 9.98. The lowest BCUT2D eigenvalue weighted by Gasteiger charge is -2.16. The fraction of sp³-hybridized carbons (Fsp3) is 0.600. The van der Waals surface area contributed by atoms with Gasteiger partial charge in [0, 0.05) is 6.54 Å². The maximum absolute atomic E-state index is 5.92. The van der Waals surface area contributed by atoms with Gasteiger partial charge in [0.2, 0.25) is 0 Å². The van der Waals surface area contributed by atoms with Crippen LogP contribution in [0.2, 0.25) is 5.02 Å². The van der Waals surface area contributed by atoms with Crippen molar-refractivity contribution in [1.29, 1.82) is 0 Å². The highest BCUT2D eigenvalue weighted by molar-refractivity contribution is 6.33. The highest BCUT2D eigenvalue weighted by atomic mass is 35.5. The van der Waals surface area contributed by atoms with Crippen LogP contribution in [0.1, 0.15) is 31.2 Å². The van der Waals surface area contributed by atoms with E-state index in [1.54, 1.807) is 0 Å². The predicted molar refractivity (Wildman–Crippen MR) is 76.5 cm³/mol. The number of halogens is 1. The molecule has 3 N–H and O–H groups in total. The summed E-state index contributed by atoms with van der Waals surface area (Å²) >= 11 is 5.92. The molecule has 1 aromatic rings. The third-order valence-corrected chi connectivity index (χ3v) is 4.57. The minimum atomic E-state index is 0.646. The van der Waals surface area contributed by atoms with E-state index in [0.717, 1.165) is 30.8 Å². The number of nitrogens with one attached hydrogen (secondary N) is 1. The van der Waals surface area contributed by atoms with Gasteiger partial charge >= 0.3 is 0 Å². The van der Waals surface area contributed by atoms with Crippen molar-refractivity contribution in [3.8, 4) is 0 Å². The summed E-state index contributed by atoms with van der Waals surface area (Å²) in [4.78, 5) is 0. The van der Waals surface area contributed by atoms with Crippen LogP contribution in [0.15, 0.2) is 18.2 Å². The van der Waals surface area contributed by atoms with E-state index in [-0.39, 0.29) is 0 Å². The maximum Gasteiger partial charge on any atom is 0.0635 e. The van der Waals surface area contributed by atoms with E-state index in [1.165, 1.54) is 31.2 Å². The third-order valence-electron chi connectivity index (χ3n) is 4.22. The Kier molecular flexibility index (Phi) is 3.49. The van der Waals surface area contributed by atoms with Gasteiger partial charge in [-0.15, -0.1) is 0 Å². The molecule has 0 atom stereocenters. The summed E-state index contributed by atoms with van der Waals surface area (Å²) in [6.07, 6.45) is 5.82. The number of hydrogen-bond donors (Lipinski definition) is 2. The van der Waals surface area contributed by atoms with Crippen molar-refractivity contribution in [3.63, 3.8) is 0 Å². The number of anilines is 1. The summed E-state index contributed by atoms with van der Waals surface area (Å²) in [7, 11) is 0. The van der Waals surface area contributed by atoms with Crippen molar-refractivity contribution < 1.29 is 0 Å². The first-order chi connectivity index (χ1) is 8.74. The van der Waals surface area contributed by atoms with Gasteiger partial charge in [-0.2, -0.15) is 0 Å². The predicted octanol–water partition coefficient (Wildman–Crippen LogP) is 3.45. The summed E-state index contributed by atoms with van der Waals surface area (Å²) in [5, 5.41) is 4.24. The molecule has 2 fully saturated rings. The van der Waals surface area contributed by atoms with Crippen LogP contribution in [0, 0.1) is 17.8 Å². The Morgan fingerprint density at radius 1 is 1.22 bits per heavy atom. The summed E-state index contributed by atoms with van der Waals surface area (Å²) < 4.78 is 0. The third kappa shape index (κ3) is 2.99. The molecule has 0 aromatic heterocycles. The van der Waals surface area contributed by atoms with E-state index in [1.807, 2.05) is 12.1 Å². The Morgan fingerprint density at radius 3 is 2.44 bits per heavy atom. The van der Waals surface area contributed by atoms with E-state index < -0.39 is 0 Å². The molecule has 0 bridgehead atoms. The second-order valence-electron chi connectivity index (χ2n) is 5.83. The van der Waals surface area contributed by atoms with Gasteiger partial charge < -0.3 is 11.1 Å². The van der Waals surface area contributed by atoms with Gasteiger partial charge in [0.15, 0.2) is 0 Å². The van der Waals surface area contributed by atoms with Crippen molar-refractivity contribution in [2.24, 2.45) is 17.8 Å². The molecule has 0 spiro atoms. The largest absolute Gasteiger partial charge is 0.398 e. The Bertz CT molecular complexity index is 413.